The summed E-state index contributed by atoms with van der Waals surface area (Å²) in [6.45, 7) is 9.59. The third kappa shape index (κ3) is 9.53. The average Bonchev–Trinajstić information content (AvgIpc) is 2.64. The van der Waals surface area contributed by atoms with Gasteiger partial charge in [0.05, 0.1) is 19.8 Å². The molecule has 156 valence electrons. The molecule has 0 fully saturated rings. The van der Waals surface area contributed by atoms with Crippen molar-refractivity contribution < 1.29 is 24.2 Å². The molecule has 2 amide bonds. The highest BCUT2D eigenvalue weighted by atomic mass is 16.6. The van der Waals surface area contributed by atoms with E-state index in [0.717, 1.165) is 5.56 Å². The Balaban J connectivity index is 2.80. The van der Waals surface area contributed by atoms with Crippen molar-refractivity contribution in [2.75, 3.05) is 26.2 Å². The van der Waals surface area contributed by atoms with E-state index in [1.54, 1.807) is 26.8 Å². The summed E-state index contributed by atoms with van der Waals surface area (Å²) < 4.78 is 11.0. The summed E-state index contributed by atoms with van der Waals surface area (Å²) in [5.74, 6) is -0.303. The van der Waals surface area contributed by atoms with Gasteiger partial charge in [-0.3, -0.25) is 4.79 Å². The largest absolute Gasteiger partial charge is 0.444 e. The minimum absolute atomic E-state index is 0.0312. The van der Waals surface area contributed by atoms with Crippen LogP contribution in [0.5, 0.6) is 0 Å². The maximum atomic E-state index is 12.9. The van der Waals surface area contributed by atoms with Gasteiger partial charge in [-0.15, -0.1) is 6.58 Å². The second-order valence-electron chi connectivity index (χ2n) is 7.29. The zero-order valence-corrected chi connectivity index (χ0v) is 17.0. The molecule has 7 heteroatoms. The molecular weight excluding hydrogens is 360 g/mol. The molecule has 1 rings (SSSR count). The fraction of sp³-hybridized carbons (Fsp3) is 0.524. The first-order valence-corrected chi connectivity index (χ1v) is 9.39. The molecule has 0 saturated carbocycles. The molecule has 7 nitrogen and oxygen atoms in total. The third-order valence-corrected chi connectivity index (χ3v) is 3.68. The number of hydrogen-bond donors (Lipinski definition) is 2. The number of carbonyl (C=O) groups excluding carboxylic acids is 2. The van der Waals surface area contributed by atoms with Gasteiger partial charge in [-0.25, -0.2) is 4.79 Å². The van der Waals surface area contributed by atoms with Crippen LogP contribution in [-0.4, -0.2) is 60.0 Å². The summed E-state index contributed by atoms with van der Waals surface area (Å²) in [4.78, 5) is 26.4. The van der Waals surface area contributed by atoms with Gasteiger partial charge in [0.2, 0.25) is 0 Å². The summed E-state index contributed by atoms with van der Waals surface area (Å²) in [5, 5.41) is 11.9. The number of hydrogen-bond acceptors (Lipinski definition) is 5. The second kappa shape index (κ2) is 12.2. The average molecular weight is 392 g/mol. The number of nitrogens with zero attached hydrogens (tertiary/aromatic N) is 1. The molecule has 0 aliphatic heterocycles. The standard InChI is InChI=1S/C21H32N2O5/c1-5-6-12-23(13-14-24)19(25)18(15-22-20(26)28-21(2,3)4)27-16-17-10-8-7-9-11-17/h5,7-11,18,24H,1,6,12-16H2,2-4H3,(H,22,26)/t18-/m0/s1. The van der Waals surface area contributed by atoms with Crippen molar-refractivity contribution in [3.8, 4) is 0 Å². The van der Waals surface area contributed by atoms with E-state index in [4.69, 9.17) is 9.47 Å². The zero-order chi connectivity index (χ0) is 21.0. The first-order chi connectivity index (χ1) is 13.3. The van der Waals surface area contributed by atoms with Crippen LogP contribution in [0.25, 0.3) is 0 Å². The Morgan fingerprint density at radius 2 is 1.93 bits per heavy atom. The van der Waals surface area contributed by atoms with Crippen LogP contribution >= 0.6 is 0 Å². The van der Waals surface area contributed by atoms with E-state index in [0.29, 0.717) is 13.0 Å². The normalized spacial score (nSPS) is 12.1. The van der Waals surface area contributed by atoms with Crippen molar-refractivity contribution in [2.24, 2.45) is 0 Å². The number of benzene rings is 1. The van der Waals surface area contributed by atoms with Crippen LogP contribution < -0.4 is 5.32 Å². The van der Waals surface area contributed by atoms with Gasteiger partial charge in [-0.2, -0.15) is 0 Å². The van der Waals surface area contributed by atoms with E-state index >= 15 is 0 Å². The molecule has 0 aliphatic rings. The number of amides is 2. The lowest BCUT2D eigenvalue weighted by atomic mass is 10.2. The van der Waals surface area contributed by atoms with Crippen LogP contribution in [0.4, 0.5) is 4.79 Å². The lowest BCUT2D eigenvalue weighted by Crippen LogP contribution is -2.48. The van der Waals surface area contributed by atoms with E-state index in [1.807, 2.05) is 30.3 Å². The van der Waals surface area contributed by atoms with Gasteiger partial charge in [0.25, 0.3) is 5.91 Å². The highest BCUT2D eigenvalue weighted by molar-refractivity contribution is 5.82. The molecule has 1 atom stereocenters. The van der Waals surface area contributed by atoms with Crippen LogP contribution in [0.1, 0.15) is 32.8 Å². The van der Waals surface area contributed by atoms with E-state index in [9.17, 15) is 14.7 Å². The van der Waals surface area contributed by atoms with Crippen molar-refractivity contribution in [3.05, 3.63) is 48.6 Å². The number of ether oxygens (including phenoxy) is 2. The molecule has 0 spiro atoms. The lowest BCUT2D eigenvalue weighted by Gasteiger charge is -2.27. The molecule has 28 heavy (non-hydrogen) atoms. The molecule has 0 heterocycles. The topological polar surface area (TPSA) is 88.1 Å². The van der Waals surface area contributed by atoms with Gasteiger partial charge in [0, 0.05) is 13.1 Å². The molecule has 0 bridgehead atoms. The van der Waals surface area contributed by atoms with Gasteiger partial charge < -0.3 is 24.8 Å². The summed E-state index contributed by atoms with van der Waals surface area (Å²) in [6, 6.07) is 9.46. The van der Waals surface area contributed by atoms with Crippen LogP contribution in [0.15, 0.2) is 43.0 Å². The molecule has 0 radical (unpaired) electrons. The number of carbonyl (C=O) groups is 2. The fourth-order valence-corrected chi connectivity index (χ4v) is 2.38. The van der Waals surface area contributed by atoms with E-state index in [2.05, 4.69) is 11.9 Å². The minimum atomic E-state index is -0.899. The molecule has 0 aromatic heterocycles. The first-order valence-electron chi connectivity index (χ1n) is 9.39. The van der Waals surface area contributed by atoms with Gasteiger partial charge in [-0.1, -0.05) is 36.4 Å². The lowest BCUT2D eigenvalue weighted by molar-refractivity contribution is -0.144. The van der Waals surface area contributed by atoms with Gasteiger partial charge in [0.1, 0.15) is 5.60 Å². The van der Waals surface area contributed by atoms with Crippen molar-refractivity contribution in [3.63, 3.8) is 0 Å². The summed E-state index contributed by atoms with van der Waals surface area (Å²) in [6.07, 6.45) is 0.782. The maximum Gasteiger partial charge on any atom is 0.407 e. The molecule has 1 aromatic rings. The minimum Gasteiger partial charge on any atom is -0.444 e. The number of rotatable bonds is 11. The van der Waals surface area contributed by atoms with E-state index < -0.39 is 17.8 Å². The van der Waals surface area contributed by atoms with Crippen LogP contribution in [-0.2, 0) is 20.9 Å². The van der Waals surface area contributed by atoms with Gasteiger partial charge in [-0.05, 0) is 32.8 Å². The highest BCUT2D eigenvalue weighted by Crippen LogP contribution is 2.09. The monoisotopic (exact) mass is 392 g/mol. The summed E-state index contributed by atoms with van der Waals surface area (Å²) in [7, 11) is 0. The Hall–Kier alpha value is -2.38. The smallest absolute Gasteiger partial charge is 0.407 e. The quantitative estimate of drug-likeness (QED) is 0.565. The Morgan fingerprint density at radius 3 is 2.50 bits per heavy atom. The summed E-state index contributed by atoms with van der Waals surface area (Å²) >= 11 is 0. The van der Waals surface area contributed by atoms with E-state index in [1.165, 1.54) is 4.90 Å². The van der Waals surface area contributed by atoms with Crippen LogP contribution in [0, 0.1) is 0 Å². The number of aliphatic hydroxyl groups is 1. The third-order valence-electron chi connectivity index (χ3n) is 3.68. The molecule has 0 unspecified atom stereocenters. The summed E-state index contributed by atoms with van der Waals surface area (Å²) in [5.41, 5.74) is 0.277. The Kier molecular flexibility index (Phi) is 10.3. The number of nitrogens with one attached hydrogen (secondary N) is 1. The zero-order valence-electron chi connectivity index (χ0n) is 17.0. The van der Waals surface area contributed by atoms with Crippen molar-refractivity contribution >= 4 is 12.0 Å². The molecular formula is C21H32N2O5. The van der Waals surface area contributed by atoms with Crippen molar-refractivity contribution in [2.45, 2.75) is 45.5 Å². The molecule has 2 N–H and O–H groups in total. The number of aliphatic hydroxyl groups excluding tert-OH is 1. The van der Waals surface area contributed by atoms with Crippen LogP contribution in [0.3, 0.4) is 0 Å². The van der Waals surface area contributed by atoms with Crippen molar-refractivity contribution in [1.29, 1.82) is 0 Å². The second-order valence-corrected chi connectivity index (χ2v) is 7.29. The number of alkyl carbamates (subject to hydrolysis) is 1. The molecule has 1 aromatic carbocycles. The van der Waals surface area contributed by atoms with Crippen LogP contribution in [0.2, 0.25) is 0 Å². The molecule has 0 aliphatic carbocycles. The van der Waals surface area contributed by atoms with Gasteiger partial charge >= 0.3 is 6.09 Å². The first kappa shape index (κ1) is 23.7. The Bertz CT molecular complexity index is 613. The van der Waals surface area contributed by atoms with Gasteiger partial charge in [0.15, 0.2) is 6.10 Å². The SMILES string of the molecule is C=CCCN(CCO)C(=O)[C@H](CNC(=O)OC(C)(C)C)OCc1ccccc1. The van der Waals surface area contributed by atoms with E-state index in [-0.39, 0.29) is 32.2 Å². The molecule has 0 saturated heterocycles. The highest BCUT2D eigenvalue weighted by Gasteiger charge is 2.26. The Labute approximate surface area is 167 Å². The predicted molar refractivity (Wildman–Crippen MR) is 108 cm³/mol. The van der Waals surface area contributed by atoms with Crippen molar-refractivity contribution in [1.82, 2.24) is 10.2 Å². The maximum absolute atomic E-state index is 12.9. The predicted octanol–water partition coefficient (Wildman–Crippen LogP) is 2.49. The Morgan fingerprint density at radius 1 is 1.25 bits per heavy atom. The fourth-order valence-electron chi connectivity index (χ4n) is 2.38.